The molecule has 3 atom stereocenters. The van der Waals surface area contributed by atoms with Gasteiger partial charge < -0.3 is 14.2 Å². The molecule has 0 N–H and O–H groups in total. The molecule has 1 aromatic carbocycles. The lowest BCUT2D eigenvalue weighted by molar-refractivity contribution is -0.113. The average Bonchev–Trinajstić information content (AvgIpc) is 2.57. The smallest absolute Gasteiger partial charge is 0.411 e. The molecular weight excluding hydrogens is 410 g/mol. The molecular formula is C21H30BrNO4. The van der Waals surface area contributed by atoms with Gasteiger partial charge in [-0.2, -0.15) is 0 Å². The fourth-order valence-electron chi connectivity index (χ4n) is 4.15. The topological polar surface area (TPSA) is 48.0 Å². The third-order valence-corrected chi connectivity index (χ3v) is 5.79. The lowest BCUT2D eigenvalue weighted by Gasteiger charge is -2.52. The van der Waals surface area contributed by atoms with Gasteiger partial charge >= 0.3 is 6.09 Å². The molecule has 0 aliphatic carbocycles. The Bertz CT molecular complexity index is 702. The summed E-state index contributed by atoms with van der Waals surface area (Å²) in [6.07, 6.45) is 1.31. The molecule has 1 saturated heterocycles. The Labute approximate surface area is 170 Å². The SMILES string of the molecule is CCOC1CCN(C(=O)OC(C)(C)C)C2(COC(C)c3cc(Br)ccc32)C1. The van der Waals surface area contributed by atoms with Crippen LogP contribution in [0.25, 0.3) is 0 Å². The summed E-state index contributed by atoms with van der Waals surface area (Å²) >= 11 is 3.57. The molecule has 5 nitrogen and oxygen atoms in total. The molecule has 0 radical (unpaired) electrons. The number of hydrogen-bond donors (Lipinski definition) is 0. The first-order valence-electron chi connectivity index (χ1n) is 9.70. The highest BCUT2D eigenvalue weighted by Crippen LogP contribution is 2.47. The van der Waals surface area contributed by atoms with Gasteiger partial charge in [0.1, 0.15) is 5.60 Å². The van der Waals surface area contributed by atoms with Crippen LogP contribution in [0, 0.1) is 0 Å². The second-order valence-electron chi connectivity index (χ2n) is 8.42. The predicted molar refractivity (Wildman–Crippen MR) is 108 cm³/mol. The molecule has 3 unspecified atom stereocenters. The highest BCUT2D eigenvalue weighted by atomic mass is 79.9. The van der Waals surface area contributed by atoms with Crippen molar-refractivity contribution in [2.45, 2.75) is 70.8 Å². The van der Waals surface area contributed by atoms with Gasteiger partial charge in [0.15, 0.2) is 0 Å². The van der Waals surface area contributed by atoms with E-state index >= 15 is 0 Å². The van der Waals surface area contributed by atoms with E-state index in [1.165, 1.54) is 0 Å². The monoisotopic (exact) mass is 439 g/mol. The van der Waals surface area contributed by atoms with Crippen molar-refractivity contribution in [2.24, 2.45) is 0 Å². The lowest BCUT2D eigenvalue weighted by Crippen LogP contribution is -2.60. The molecule has 0 aromatic heterocycles. The summed E-state index contributed by atoms with van der Waals surface area (Å²) in [5.74, 6) is 0. The van der Waals surface area contributed by atoms with Gasteiger partial charge in [0.25, 0.3) is 0 Å². The molecule has 1 amide bonds. The molecule has 1 spiro atoms. The Morgan fingerprint density at radius 1 is 1.41 bits per heavy atom. The van der Waals surface area contributed by atoms with Crippen molar-refractivity contribution >= 4 is 22.0 Å². The Kier molecular flexibility index (Phi) is 5.90. The number of hydrogen-bond acceptors (Lipinski definition) is 4. The number of carbonyl (C=O) groups excluding carboxylic acids is 1. The molecule has 2 heterocycles. The van der Waals surface area contributed by atoms with Crippen LogP contribution in [0.1, 0.15) is 64.7 Å². The van der Waals surface area contributed by atoms with E-state index in [4.69, 9.17) is 14.2 Å². The zero-order chi connectivity index (χ0) is 19.8. The molecule has 0 bridgehead atoms. The van der Waals surface area contributed by atoms with E-state index in [1.807, 2.05) is 38.7 Å². The van der Waals surface area contributed by atoms with Crippen LogP contribution in [0.3, 0.4) is 0 Å². The minimum atomic E-state index is -0.567. The first-order chi connectivity index (χ1) is 12.7. The standard InChI is InChI=1S/C21H30BrNO4/c1-6-25-16-9-10-23(19(24)27-20(3,4)5)21(12-16)13-26-14(2)17-11-15(22)7-8-18(17)21/h7-8,11,14,16H,6,9-10,12-13H2,1-5H3. The maximum absolute atomic E-state index is 13.1. The van der Waals surface area contributed by atoms with Crippen molar-refractivity contribution in [3.05, 3.63) is 33.8 Å². The maximum atomic E-state index is 13.1. The van der Waals surface area contributed by atoms with E-state index in [9.17, 15) is 4.79 Å². The number of nitrogens with zero attached hydrogens (tertiary/aromatic N) is 1. The Hall–Kier alpha value is -1.11. The maximum Gasteiger partial charge on any atom is 0.411 e. The molecule has 0 saturated carbocycles. The second kappa shape index (κ2) is 7.72. The third-order valence-electron chi connectivity index (χ3n) is 5.30. The molecule has 27 heavy (non-hydrogen) atoms. The van der Waals surface area contributed by atoms with Crippen molar-refractivity contribution in [1.82, 2.24) is 4.90 Å². The molecule has 1 fully saturated rings. The van der Waals surface area contributed by atoms with Crippen LogP contribution >= 0.6 is 15.9 Å². The largest absolute Gasteiger partial charge is 0.444 e. The number of amides is 1. The van der Waals surface area contributed by atoms with Crippen LogP contribution in [0.4, 0.5) is 4.79 Å². The van der Waals surface area contributed by atoms with Gasteiger partial charge in [-0.1, -0.05) is 22.0 Å². The lowest BCUT2D eigenvalue weighted by atomic mass is 9.75. The van der Waals surface area contributed by atoms with Crippen molar-refractivity contribution < 1.29 is 19.0 Å². The van der Waals surface area contributed by atoms with Crippen LogP contribution in [-0.2, 0) is 19.7 Å². The average molecular weight is 440 g/mol. The van der Waals surface area contributed by atoms with Crippen LogP contribution in [-0.4, -0.2) is 42.5 Å². The number of fused-ring (bicyclic) bond motifs is 2. The zero-order valence-corrected chi connectivity index (χ0v) is 18.5. The number of benzene rings is 1. The summed E-state index contributed by atoms with van der Waals surface area (Å²) in [6, 6.07) is 6.25. The van der Waals surface area contributed by atoms with E-state index in [2.05, 4.69) is 35.0 Å². The van der Waals surface area contributed by atoms with Crippen LogP contribution in [0.15, 0.2) is 22.7 Å². The fourth-order valence-corrected chi connectivity index (χ4v) is 4.53. The van der Waals surface area contributed by atoms with Crippen molar-refractivity contribution in [1.29, 1.82) is 0 Å². The number of halogens is 1. The van der Waals surface area contributed by atoms with Gasteiger partial charge in [0.05, 0.1) is 24.4 Å². The Balaban J connectivity index is 2.05. The van der Waals surface area contributed by atoms with Gasteiger partial charge in [-0.3, -0.25) is 4.90 Å². The van der Waals surface area contributed by atoms with Gasteiger partial charge in [-0.15, -0.1) is 0 Å². The molecule has 2 aliphatic rings. The van der Waals surface area contributed by atoms with Gasteiger partial charge in [0, 0.05) is 24.0 Å². The quantitative estimate of drug-likeness (QED) is 0.637. The minimum Gasteiger partial charge on any atom is -0.444 e. The number of ether oxygens (including phenoxy) is 3. The second-order valence-corrected chi connectivity index (χ2v) is 9.33. The molecule has 3 rings (SSSR count). The molecule has 150 valence electrons. The summed E-state index contributed by atoms with van der Waals surface area (Å²) in [7, 11) is 0. The summed E-state index contributed by atoms with van der Waals surface area (Å²) in [6.45, 7) is 11.5. The first-order valence-corrected chi connectivity index (χ1v) is 10.5. The fraction of sp³-hybridized carbons (Fsp3) is 0.667. The summed E-state index contributed by atoms with van der Waals surface area (Å²) in [5, 5.41) is 0. The first kappa shape index (κ1) is 20.6. The minimum absolute atomic E-state index is 0.0175. The van der Waals surface area contributed by atoms with Crippen LogP contribution in [0.5, 0.6) is 0 Å². The van der Waals surface area contributed by atoms with Crippen molar-refractivity contribution in [3.63, 3.8) is 0 Å². The van der Waals surface area contributed by atoms with E-state index in [0.29, 0.717) is 26.2 Å². The number of carbonyl (C=O) groups is 1. The zero-order valence-electron chi connectivity index (χ0n) is 16.9. The molecule has 6 heteroatoms. The van der Waals surface area contributed by atoms with E-state index < -0.39 is 11.1 Å². The number of likely N-dealkylation sites (tertiary alicyclic amines) is 1. The predicted octanol–water partition coefficient (Wildman–Crippen LogP) is 5.17. The third kappa shape index (κ3) is 4.17. The normalized spacial score (nSPS) is 28.1. The van der Waals surface area contributed by atoms with Gasteiger partial charge in [-0.05, 0) is 64.3 Å². The van der Waals surface area contributed by atoms with Crippen molar-refractivity contribution in [2.75, 3.05) is 19.8 Å². The highest BCUT2D eigenvalue weighted by Gasteiger charge is 2.51. The van der Waals surface area contributed by atoms with Crippen LogP contribution in [0.2, 0.25) is 0 Å². The molecule has 1 aromatic rings. The Morgan fingerprint density at radius 2 is 2.15 bits per heavy atom. The number of piperidine rings is 1. The summed E-state index contributed by atoms with van der Waals surface area (Å²) < 4.78 is 18.9. The van der Waals surface area contributed by atoms with Crippen molar-refractivity contribution in [3.8, 4) is 0 Å². The van der Waals surface area contributed by atoms with Gasteiger partial charge in [0.2, 0.25) is 0 Å². The summed E-state index contributed by atoms with van der Waals surface area (Å²) in [5.41, 5.74) is 1.14. The molecule has 2 aliphatic heterocycles. The van der Waals surface area contributed by atoms with Crippen LogP contribution < -0.4 is 0 Å². The van der Waals surface area contributed by atoms with E-state index in [0.717, 1.165) is 22.0 Å². The summed E-state index contributed by atoms with van der Waals surface area (Å²) in [4.78, 5) is 15.0. The Morgan fingerprint density at radius 3 is 2.81 bits per heavy atom. The highest BCUT2D eigenvalue weighted by molar-refractivity contribution is 9.10. The number of rotatable bonds is 2. The van der Waals surface area contributed by atoms with E-state index in [1.54, 1.807) is 0 Å². The van der Waals surface area contributed by atoms with Gasteiger partial charge in [-0.25, -0.2) is 4.79 Å². The van der Waals surface area contributed by atoms with E-state index in [-0.39, 0.29) is 18.3 Å².